The first-order valence-corrected chi connectivity index (χ1v) is 12.6. The number of anilines is 1. The number of ketones is 1. The molecule has 1 aliphatic heterocycles. The quantitative estimate of drug-likeness (QED) is 0.347. The van der Waals surface area contributed by atoms with Crippen LogP contribution in [-0.4, -0.2) is 66.7 Å². The van der Waals surface area contributed by atoms with Gasteiger partial charge < -0.3 is 19.4 Å². The number of methoxy groups -OCH3 is 1. The molecule has 4 heterocycles. The number of Topliss-reactive ketones (excluding diaryl/α,β-unsaturated/α-hetero) is 1. The first-order chi connectivity index (χ1) is 16.2. The van der Waals surface area contributed by atoms with E-state index >= 15 is 0 Å². The highest BCUT2D eigenvalue weighted by atomic mass is 31.2. The Kier molecular flexibility index (Phi) is 7.01. The van der Waals surface area contributed by atoms with Gasteiger partial charge in [0.25, 0.3) is 5.56 Å². The van der Waals surface area contributed by atoms with Crippen LogP contribution in [0.5, 0.6) is 5.88 Å². The van der Waals surface area contributed by atoms with Crippen molar-refractivity contribution >= 4 is 30.0 Å². The topological polar surface area (TPSA) is 161 Å². The van der Waals surface area contributed by atoms with Crippen molar-refractivity contribution in [2.24, 2.45) is 5.92 Å². The summed E-state index contributed by atoms with van der Waals surface area (Å²) in [6.07, 6.45) is 7.65. The van der Waals surface area contributed by atoms with Crippen LogP contribution in [0.15, 0.2) is 35.6 Å². The second-order valence-electron chi connectivity index (χ2n) is 8.18. The molecule has 1 saturated heterocycles. The second kappa shape index (κ2) is 9.96. The molecule has 12 nitrogen and oxygen atoms in total. The van der Waals surface area contributed by atoms with Gasteiger partial charge in [0.15, 0.2) is 0 Å². The molecule has 3 aromatic rings. The molecule has 4 rings (SSSR count). The van der Waals surface area contributed by atoms with Gasteiger partial charge in [-0.25, -0.2) is 9.67 Å². The van der Waals surface area contributed by atoms with Gasteiger partial charge in [0, 0.05) is 30.9 Å². The van der Waals surface area contributed by atoms with Gasteiger partial charge in [-0.2, -0.15) is 10.1 Å². The van der Waals surface area contributed by atoms with E-state index in [0.29, 0.717) is 30.7 Å². The minimum Gasteiger partial charge on any atom is -0.480 e. The summed E-state index contributed by atoms with van der Waals surface area (Å²) < 4.78 is 17.6. The average molecular weight is 488 g/mol. The molecule has 0 aliphatic carbocycles. The Morgan fingerprint density at radius 3 is 2.65 bits per heavy atom. The number of fused-ring (bicyclic) bond motifs is 1. The minimum absolute atomic E-state index is 0.100. The minimum atomic E-state index is -3.99. The Morgan fingerprint density at radius 2 is 2.00 bits per heavy atom. The van der Waals surface area contributed by atoms with E-state index in [-0.39, 0.29) is 35.6 Å². The summed E-state index contributed by atoms with van der Waals surface area (Å²) in [7, 11) is -2.56. The summed E-state index contributed by atoms with van der Waals surface area (Å²) in [5.74, 6) is 0.621. The normalized spacial score (nSPS) is 15.0. The van der Waals surface area contributed by atoms with Crippen LogP contribution in [0.25, 0.3) is 10.8 Å². The second-order valence-corrected chi connectivity index (χ2v) is 9.96. The van der Waals surface area contributed by atoms with Gasteiger partial charge in [-0.05, 0) is 31.2 Å². The van der Waals surface area contributed by atoms with E-state index in [0.717, 1.165) is 17.5 Å². The molecule has 2 N–H and O–H groups in total. The van der Waals surface area contributed by atoms with Gasteiger partial charge in [-0.15, -0.1) is 0 Å². The first kappa shape index (κ1) is 23.9. The molecule has 34 heavy (non-hydrogen) atoms. The zero-order chi connectivity index (χ0) is 24.3. The molecule has 0 atom stereocenters. The molecule has 0 spiro atoms. The van der Waals surface area contributed by atoms with Crippen LogP contribution in [0, 0.1) is 5.92 Å². The largest absolute Gasteiger partial charge is 0.480 e. The first-order valence-electron chi connectivity index (χ1n) is 10.8. The fourth-order valence-corrected chi connectivity index (χ4v) is 4.74. The number of pyridine rings is 1. The number of carbonyl (C=O) groups is 1. The summed E-state index contributed by atoms with van der Waals surface area (Å²) in [5.41, 5.74) is -0.359. The molecule has 3 aromatic heterocycles. The molecule has 13 heteroatoms. The van der Waals surface area contributed by atoms with Gasteiger partial charge in [0.2, 0.25) is 11.7 Å². The monoisotopic (exact) mass is 488 g/mol. The van der Waals surface area contributed by atoms with Crippen LogP contribution in [-0.2, 0) is 11.1 Å². The summed E-state index contributed by atoms with van der Waals surface area (Å²) in [6.45, 7) is 1.05. The number of nitrogens with zero attached hydrogens (tertiary/aromatic N) is 6. The van der Waals surface area contributed by atoms with Crippen molar-refractivity contribution in [3.63, 3.8) is 0 Å². The Morgan fingerprint density at radius 1 is 1.24 bits per heavy atom. The third kappa shape index (κ3) is 5.46. The van der Waals surface area contributed by atoms with Gasteiger partial charge in [-0.1, -0.05) is 0 Å². The predicted molar refractivity (Wildman–Crippen MR) is 123 cm³/mol. The molecule has 0 bridgehead atoms. The molecule has 0 unspecified atom stereocenters. The number of ether oxygens (including phenoxy) is 1. The molecule has 0 amide bonds. The Labute approximate surface area is 194 Å². The highest BCUT2D eigenvalue weighted by molar-refractivity contribution is 7.51. The number of piperidine rings is 1. The van der Waals surface area contributed by atoms with Crippen LogP contribution < -0.4 is 15.2 Å². The SMILES string of the molecule is COc1nc(N2CCC(CCP(=O)(O)O)CC2)cc2cnn(CC(=O)c3cnccn3)c(=O)c12. The lowest BCUT2D eigenvalue weighted by Crippen LogP contribution is -2.34. The van der Waals surface area contributed by atoms with Crippen LogP contribution in [0.3, 0.4) is 0 Å². The Hall–Kier alpha value is -3.21. The van der Waals surface area contributed by atoms with Crippen molar-refractivity contribution in [2.75, 3.05) is 31.3 Å². The van der Waals surface area contributed by atoms with Crippen molar-refractivity contribution in [2.45, 2.75) is 25.8 Å². The molecule has 0 aromatic carbocycles. The number of rotatable bonds is 8. The van der Waals surface area contributed by atoms with E-state index in [9.17, 15) is 14.2 Å². The van der Waals surface area contributed by atoms with Crippen molar-refractivity contribution in [1.29, 1.82) is 0 Å². The van der Waals surface area contributed by atoms with E-state index < -0.39 is 18.9 Å². The van der Waals surface area contributed by atoms with E-state index in [4.69, 9.17) is 14.5 Å². The Balaban J connectivity index is 1.54. The standard InChI is InChI=1S/C21H25N6O6P/c1-33-20-19-15(11-24-27(21(19)29)13-17(28)16-12-22-5-6-23-16)10-18(25-20)26-7-2-14(3-8-26)4-9-34(30,31)32/h5-6,10-12,14H,2-4,7-9,13H2,1H3,(H2,30,31,32). The van der Waals surface area contributed by atoms with Crippen LogP contribution in [0.4, 0.5) is 5.82 Å². The Bertz CT molecular complexity index is 1290. The van der Waals surface area contributed by atoms with Crippen LogP contribution in [0.1, 0.15) is 29.8 Å². The summed E-state index contributed by atoms with van der Waals surface area (Å²) in [4.78, 5) is 58.1. The third-order valence-electron chi connectivity index (χ3n) is 5.89. The molecular weight excluding hydrogens is 463 g/mol. The van der Waals surface area contributed by atoms with E-state index in [2.05, 4.69) is 25.0 Å². The maximum atomic E-state index is 13.1. The molecule has 1 aliphatic rings. The predicted octanol–water partition coefficient (Wildman–Crippen LogP) is 1.26. The smallest absolute Gasteiger partial charge is 0.325 e. The van der Waals surface area contributed by atoms with Gasteiger partial charge >= 0.3 is 7.60 Å². The van der Waals surface area contributed by atoms with E-state index in [1.54, 1.807) is 6.07 Å². The summed E-state index contributed by atoms with van der Waals surface area (Å²) >= 11 is 0. The molecule has 180 valence electrons. The molecular formula is C21H25N6O6P. The lowest BCUT2D eigenvalue weighted by Gasteiger charge is -2.33. The van der Waals surface area contributed by atoms with E-state index in [1.807, 2.05) is 0 Å². The lowest BCUT2D eigenvalue weighted by atomic mass is 9.94. The lowest BCUT2D eigenvalue weighted by molar-refractivity contribution is 0.0960. The van der Waals surface area contributed by atoms with Crippen molar-refractivity contribution in [3.8, 4) is 5.88 Å². The number of aromatic nitrogens is 5. The van der Waals surface area contributed by atoms with Gasteiger partial charge in [0.1, 0.15) is 23.4 Å². The molecule has 0 saturated carbocycles. The zero-order valence-corrected chi connectivity index (χ0v) is 19.5. The van der Waals surface area contributed by atoms with Crippen molar-refractivity contribution in [1.82, 2.24) is 24.7 Å². The number of hydrogen-bond acceptors (Lipinski definition) is 9. The van der Waals surface area contributed by atoms with Crippen LogP contribution >= 0.6 is 7.60 Å². The maximum Gasteiger partial charge on any atom is 0.325 e. The fourth-order valence-electron chi connectivity index (χ4n) is 4.04. The highest BCUT2D eigenvalue weighted by Gasteiger charge is 2.25. The summed E-state index contributed by atoms with van der Waals surface area (Å²) in [6, 6.07) is 1.76. The van der Waals surface area contributed by atoms with Crippen molar-refractivity contribution in [3.05, 3.63) is 46.9 Å². The molecule has 0 radical (unpaired) electrons. The molecule has 1 fully saturated rings. The van der Waals surface area contributed by atoms with Crippen LogP contribution in [0.2, 0.25) is 0 Å². The summed E-state index contributed by atoms with van der Waals surface area (Å²) in [5, 5.41) is 4.92. The van der Waals surface area contributed by atoms with Crippen molar-refractivity contribution < 1.29 is 23.9 Å². The van der Waals surface area contributed by atoms with Gasteiger partial charge in [0.05, 0.1) is 25.7 Å². The number of hydrogen-bond donors (Lipinski definition) is 2. The zero-order valence-electron chi connectivity index (χ0n) is 18.6. The maximum absolute atomic E-state index is 13.1. The third-order valence-corrected chi connectivity index (χ3v) is 6.73. The van der Waals surface area contributed by atoms with E-state index in [1.165, 1.54) is 31.9 Å². The van der Waals surface area contributed by atoms with Gasteiger partial charge in [-0.3, -0.25) is 19.1 Å². The fraction of sp³-hybridized carbons (Fsp3) is 0.429. The average Bonchev–Trinajstić information content (AvgIpc) is 2.84. The number of carbonyl (C=O) groups excluding carboxylic acids is 1. The highest BCUT2D eigenvalue weighted by Crippen LogP contribution is 2.38.